The molecule has 3 rings (SSSR count). The summed E-state index contributed by atoms with van der Waals surface area (Å²) in [6.45, 7) is 4.64. The minimum absolute atomic E-state index is 0.0255. The zero-order chi connectivity index (χ0) is 11.5. The van der Waals surface area contributed by atoms with Gasteiger partial charge in [0.25, 0.3) is 0 Å². The molecule has 0 amide bonds. The van der Waals surface area contributed by atoms with Gasteiger partial charge in [0, 0.05) is 19.6 Å². The predicted molar refractivity (Wildman–Crippen MR) is 60.3 cm³/mol. The van der Waals surface area contributed by atoms with Gasteiger partial charge >= 0.3 is 5.97 Å². The lowest BCUT2D eigenvalue weighted by Gasteiger charge is -1.93. The van der Waals surface area contributed by atoms with Crippen molar-refractivity contribution in [2.75, 3.05) is 33.0 Å². The monoisotopic (exact) mass is 230 g/mol. The maximum Gasteiger partial charge on any atom is 0.305 e. The van der Waals surface area contributed by atoms with E-state index in [0.717, 1.165) is 45.7 Å². The molecule has 3 aliphatic heterocycles. The summed E-state index contributed by atoms with van der Waals surface area (Å²) < 4.78 is 14.2. The van der Waals surface area contributed by atoms with Crippen LogP contribution in [0.2, 0.25) is 0 Å². The van der Waals surface area contributed by atoms with Gasteiger partial charge in [0.1, 0.15) is 0 Å². The second-order valence-corrected chi connectivity index (χ2v) is 3.96. The minimum Gasteiger partial charge on any atom is -0.466 e. The molecule has 94 valence electrons. The van der Waals surface area contributed by atoms with Crippen LogP contribution in [0.3, 0.4) is 0 Å². The summed E-state index contributed by atoms with van der Waals surface area (Å²) in [4.78, 5) is 10.5. The summed E-state index contributed by atoms with van der Waals surface area (Å²) in [5, 5.41) is 0. The van der Waals surface area contributed by atoms with Crippen LogP contribution in [0.1, 0.15) is 38.5 Å². The van der Waals surface area contributed by atoms with Gasteiger partial charge < -0.3 is 14.2 Å². The van der Waals surface area contributed by atoms with Gasteiger partial charge in [-0.3, -0.25) is 4.79 Å². The van der Waals surface area contributed by atoms with E-state index in [0.29, 0.717) is 13.0 Å². The van der Waals surface area contributed by atoms with Crippen molar-refractivity contribution >= 4 is 5.97 Å². The van der Waals surface area contributed by atoms with Crippen LogP contribution >= 0.6 is 0 Å². The first kappa shape index (κ1) is 13.5. The Labute approximate surface area is 97.2 Å². The van der Waals surface area contributed by atoms with E-state index in [9.17, 15) is 4.79 Å². The normalized spacial score (nSPS) is 22.9. The summed E-state index contributed by atoms with van der Waals surface area (Å²) in [6.07, 6.45) is 6.39. The maximum atomic E-state index is 10.5. The molecule has 0 bridgehead atoms. The van der Waals surface area contributed by atoms with Gasteiger partial charge in [0.2, 0.25) is 0 Å². The molecule has 3 aliphatic rings. The molecule has 0 aromatic heterocycles. The van der Waals surface area contributed by atoms with Crippen molar-refractivity contribution in [2.45, 2.75) is 38.5 Å². The number of epoxide rings is 1. The molecule has 3 fully saturated rings. The summed E-state index contributed by atoms with van der Waals surface area (Å²) in [7, 11) is 0. The second kappa shape index (κ2) is 9.60. The second-order valence-electron chi connectivity index (χ2n) is 3.96. The third kappa shape index (κ3) is 9.93. The van der Waals surface area contributed by atoms with E-state index >= 15 is 0 Å². The topological polar surface area (TPSA) is 48.1 Å². The average Bonchev–Trinajstić information content (AvgIpc) is 3.10. The van der Waals surface area contributed by atoms with Crippen LogP contribution in [-0.2, 0) is 19.0 Å². The lowest BCUT2D eigenvalue weighted by Crippen LogP contribution is -2.00. The van der Waals surface area contributed by atoms with Gasteiger partial charge in [-0.25, -0.2) is 0 Å². The van der Waals surface area contributed by atoms with Gasteiger partial charge in [0.15, 0.2) is 0 Å². The molecular weight excluding hydrogens is 208 g/mol. The van der Waals surface area contributed by atoms with E-state index in [1.54, 1.807) is 0 Å². The number of cyclic esters (lactones) is 1. The van der Waals surface area contributed by atoms with Crippen molar-refractivity contribution in [3.05, 3.63) is 0 Å². The Balaban J connectivity index is 0.000000135. The Kier molecular flexibility index (Phi) is 8.08. The zero-order valence-corrected chi connectivity index (χ0v) is 9.91. The number of esters is 1. The quantitative estimate of drug-likeness (QED) is 0.471. The number of hydrogen-bond acceptors (Lipinski definition) is 4. The van der Waals surface area contributed by atoms with Crippen LogP contribution in [0.25, 0.3) is 0 Å². The van der Waals surface area contributed by atoms with Crippen molar-refractivity contribution in [1.82, 2.24) is 0 Å². The fraction of sp³-hybridized carbons (Fsp3) is 0.917. The number of carbonyl (C=O) groups is 1. The summed E-state index contributed by atoms with van der Waals surface area (Å²) in [5.41, 5.74) is 0. The molecule has 0 saturated carbocycles. The van der Waals surface area contributed by atoms with E-state index < -0.39 is 0 Å². The molecule has 0 atom stereocenters. The first-order valence-electron chi connectivity index (χ1n) is 6.21. The molecule has 0 aliphatic carbocycles. The number of ether oxygens (including phenoxy) is 3. The molecule has 4 nitrogen and oxygen atoms in total. The van der Waals surface area contributed by atoms with Crippen LogP contribution in [0, 0.1) is 0 Å². The zero-order valence-electron chi connectivity index (χ0n) is 9.91. The molecule has 3 saturated heterocycles. The Morgan fingerprint density at radius 3 is 1.81 bits per heavy atom. The minimum atomic E-state index is -0.0255. The van der Waals surface area contributed by atoms with Crippen molar-refractivity contribution in [3.63, 3.8) is 0 Å². The standard InChI is InChI=1S/C6H10O2.C4H8O.C2H4O/c7-6-4-2-1-3-5-8-6;1-2-4-5-3-1;1-2-3-1/h1-5H2;1-4H2;1-2H2. The average molecular weight is 230 g/mol. The van der Waals surface area contributed by atoms with E-state index in [4.69, 9.17) is 9.47 Å². The van der Waals surface area contributed by atoms with Gasteiger partial charge in [0.05, 0.1) is 19.8 Å². The Morgan fingerprint density at radius 2 is 1.31 bits per heavy atom. The lowest BCUT2D eigenvalue weighted by molar-refractivity contribution is -0.142. The molecule has 3 heterocycles. The molecule has 0 spiro atoms. The largest absolute Gasteiger partial charge is 0.466 e. The van der Waals surface area contributed by atoms with Crippen LogP contribution in [0.15, 0.2) is 0 Å². The third-order valence-corrected chi connectivity index (χ3v) is 2.32. The van der Waals surface area contributed by atoms with Crippen LogP contribution in [0.4, 0.5) is 0 Å². The van der Waals surface area contributed by atoms with E-state index in [-0.39, 0.29) is 5.97 Å². The fourth-order valence-corrected chi connectivity index (χ4v) is 1.32. The van der Waals surface area contributed by atoms with Crippen molar-refractivity contribution in [1.29, 1.82) is 0 Å². The highest BCUT2D eigenvalue weighted by Gasteiger charge is 2.05. The summed E-state index contributed by atoms with van der Waals surface area (Å²) in [6, 6.07) is 0. The highest BCUT2D eigenvalue weighted by atomic mass is 16.6. The predicted octanol–water partition coefficient (Wildman–Crippen LogP) is 1.92. The molecular formula is C12H22O4. The highest BCUT2D eigenvalue weighted by molar-refractivity contribution is 5.69. The SMILES string of the molecule is C1CCOC1.C1CO1.O=C1CCCCCO1. The van der Waals surface area contributed by atoms with Crippen LogP contribution in [0.5, 0.6) is 0 Å². The lowest BCUT2D eigenvalue weighted by atomic mass is 10.2. The van der Waals surface area contributed by atoms with Crippen LogP contribution < -0.4 is 0 Å². The maximum absolute atomic E-state index is 10.5. The summed E-state index contributed by atoms with van der Waals surface area (Å²) in [5.74, 6) is -0.0255. The third-order valence-electron chi connectivity index (χ3n) is 2.32. The van der Waals surface area contributed by atoms with Crippen molar-refractivity contribution in [3.8, 4) is 0 Å². The molecule has 0 aromatic rings. The Morgan fingerprint density at radius 1 is 0.688 bits per heavy atom. The number of rotatable bonds is 0. The molecule has 0 unspecified atom stereocenters. The fourth-order valence-electron chi connectivity index (χ4n) is 1.32. The summed E-state index contributed by atoms with van der Waals surface area (Å²) >= 11 is 0. The first-order chi connectivity index (χ1) is 7.89. The Hall–Kier alpha value is -0.610. The Bertz CT molecular complexity index is 155. The van der Waals surface area contributed by atoms with E-state index in [1.807, 2.05) is 0 Å². The van der Waals surface area contributed by atoms with Gasteiger partial charge in [-0.2, -0.15) is 0 Å². The first-order valence-corrected chi connectivity index (χ1v) is 6.21. The highest BCUT2D eigenvalue weighted by Crippen LogP contribution is 2.06. The molecule has 0 radical (unpaired) electrons. The van der Waals surface area contributed by atoms with Crippen LogP contribution in [-0.4, -0.2) is 39.0 Å². The molecule has 4 heteroatoms. The molecule has 0 aromatic carbocycles. The smallest absolute Gasteiger partial charge is 0.305 e. The van der Waals surface area contributed by atoms with Crippen molar-refractivity contribution in [2.24, 2.45) is 0 Å². The van der Waals surface area contributed by atoms with E-state index in [1.165, 1.54) is 12.8 Å². The number of hydrogen-bond donors (Lipinski definition) is 0. The number of carbonyl (C=O) groups excluding carboxylic acids is 1. The van der Waals surface area contributed by atoms with Crippen molar-refractivity contribution < 1.29 is 19.0 Å². The van der Waals surface area contributed by atoms with Gasteiger partial charge in [-0.15, -0.1) is 0 Å². The van der Waals surface area contributed by atoms with Gasteiger partial charge in [-0.1, -0.05) is 0 Å². The molecule has 16 heavy (non-hydrogen) atoms. The molecule has 0 N–H and O–H groups in total. The van der Waals surface area contributed by atoms with E-state index in [2.05, 4.69) is 4.74 Å². The van der Waals surface area contributed by atoms with Gasteiger partial charge in [-0.05, 0) is 32.1 Å².